The van der Waals surface area contributed by atoms with Crippen molar-refractivity contribution < 1.29 is 14.3 Å². The quantitative estimate of drug-likeness (QED) is 0.837. The SMILES string of the molecule is CCc1ccccc1OCCNC(=O)N1CCN(C(C)=O)CC1. The lowest BCUT2D eigenvalue weighted by Gasteiger charge is -2.34. The number of amides is 3. The number of benzene rings is 1. The molecule has 0 saturated carbocycles. The Morgan fingerprint density at radius 3 is 2.43 bits per heavy atom. The molecule has 0 aromatic heterocycles. The number of carbonyl (C=O) groups excluding carboxylic acids is 2. The van der Waals surface area contributed by atoms with Crippen molar-refractivity contribution in [3.8, 4) is 5.75 Å². The van der Waals surface area contributed by atoms with Crippen molar-refractivity contribution in [3.05, 3.63) is 29.8 Å². The van der Waals surface area contributed by atoms with Crippen molar-refractivity contribution in [2.24, 2.45) is 0 Å². The van der Waals surface area contributed by atoms with E-state index in [4.69, 9.17) is 4.74 Å². The van der Waals surface area contributed by atoms with Crippen LogP contribution in [0.4, 0.5) is 4.79 Å². The minimum Gasteiger partial charge on any atom is -0.491 e. The van der Waals surface area contributed by atoms with Crippen LogP contribution >= 0.6 is 0 Å². The van der Waals surface area contributed by atoms with E-state index in [2.05, 4.69) is 12.2 Å². The predicted octanol–water partition coefficient (Wildman–Crippen LogP) is 1.50. The molecule has 0 radical (unpaired) electrons. The van der Waals surface area contributed by atoms with E-state index >= 15 is 0 Å². The van der Waals surface area contributed by atoms with Gasteiger partial charge in [-0.3, -0.25) is 4.79 Å². The third-order valence-electron chi connectivity index (χ3n) is 4.00. The standard InChI is InChI=1S/C17H25N3O3/c1-3-15-6-4-5-7-16(15)23-13-8-18-17(22)20-11-9-19(10-12-20)14(2)21/h4-7H,3,8-13H2,1-2H3,(H,18,22). The molecular weight excluding hydrogens is 294 g/mol. The fourth-order valence-electron chi connectivity index (χ4n) is 2.59. The van der Waals surface area contributed by atoms with E-state index < -0.39 is 0 Å². The Morgan fingerprint density at radius 2 is 1.78 bits per heavy atom. The summed E-state index contributed by atoms with van der Waals surface area (Å²) in [5.41, 5.74) is 1.17. The van der Waals surface area contributed by atoms with Gasteiger partial charge in [-0.05, 0) is 18.1 Å². The van der Waals surface area contributed by atoms with E-state index in [1.165, 1.54) is 5.56 Å². The smallest absolute Gasteiger partial charge is 0.317 e. The molecule has 0 unspecified atom stereocenters. The molecule has 6 heteroatoms. The molecule has 6 nitrogen and oxygen atoms in total. The van der Waals surface area contributed by atoms with Crippen LogP contribution in [0.5, 0.6) is 5.75 Å². The molecule has 1 N–H and O–H groups in total. The lowest BCUT2D eigenvalue weighted by atomic mass is 10.1. The number of nitrogens with zero attached hydrogens (tertiary/aromatic N) is 2. The maximum atomic E-state index is 12.1. The lowest BCUT2D eigenvalue weighted by Crippen LogP contribution is -2.53. The normalized spacial score (nSPS) is 14.5. The molecule has 1 heterocycles. The molecule has 2 rings (SSSR count). The zero-order chi connectivity index (χ0) is 16.7. The molecule has 3 amide bonds. The number of carbonyl (C=O) groups is 2. The molecule has 0 spiro atoms. The largest absolute Gasteiger partial charge is 0.491 e. The van der Waals surface area contributed by atoms with Crippen LogP contribution in [0.15, 0.2) is 24.3 Å². The Balaban J connectivity index is 1.68. The highest BCUT2D eigenvalue weighted by molar-refractivity contribution is 5.76. The van der Waals surface area contributed by atoms with Gasteiger partial charge in [0, 0.05) is 33.1 Å². The van der Waals surface area contributed by atoms with E-state index in [0.717, 1.165) is 12.2 Å². The van der Waals surface area contributed by atoms with Gasteiger partial charge in [-0.25, -0.2) is 4.79 Å². The molecule has 1 saturated heterocycles. The number of urea groups is 1. The van der Waals surface area contributed by atoms with Crippen molar-refractivity contribution in [2.45, 2.75) is 20.3 Å². The van der Waals surface area contributed by atoms with Crippen molar-refractivity contribution in [1.29, 1.82) is 0 Å². The van der Waals surface area contributed by atoms with Crippen LogP contribution in [0, 0.1) is 0 Å². The summed E-state index contributed by atoms with van der Waals surface area (Å²) in [6.07, 6.45) is 0.920. The second-order valence-electron chi connectivity index (χ2n) is 5.53. The molecule has 126 valence electrons. The molecule has 23 heavy (non-hydrogen) atoms. The molecule has 0 bridgehead atoms. The van der Waals surface area contributed by atoms with Crippen LogP contribution in [-0.4, -0.2) is 61.1 Å². The van der Waals surface area contributed by atoms with Crippen molar-refractivity contribution in [1.82, 2.24) is 15.1 Å². The summed E-state index contributed by atoms with van der Waals surface area (Å²) in [6.45, 7) is 6.90. The van der Waals surface area contributed by atoms with Gasteiger partial charge in [-0.15, -0.1) is 0 Å². The minimum absolute atomic E-state index is 0.0630. The van der Waals surface area contributed by atoms with Crippen LogP contribution in [0.1, 0.15) is 19.4 Å². The first kappa shape index (κ1) is 17.1. The van der Waals surface area contributed by atoms with Crippen molar-refractivity contribution in [2.75, 3.05) is 39.3 Å². The lowest BCUT2D eigenvalue weighted by molar-refractivity contribution is -0.130. The molecule has 0 atom stereocenters. The predicted molar refractivity (Wildman–Crippen MR) is 88.5 cm³/mol. The van der Waals surface area contributed by atoms with E-state index in [1.54, 1.807) is 16.7 Å². The monoisotopic (exact) mass is 319 g/mol. The fourth-order valence-corrected chi connectivity index (χ4v) is 2.59. The van der Waals surface area contributed by atoms with Crippen molar-refractivity contribution in [3.63, 3.8) is 0 Å². The van der Waals surface area contributed by atoms with Gasteiger partial charge in [0.25, 0.3) is 0 Å². The number of ether oxygens (including phenoxy) is 1. The van der Waals surface area contributed by atoms with Gasteiger partial charge >= 0.3 is 6.03 Å². The summed E-state index contributed by atoms with van der Waals surface area (Å²) in [4.78, 5) is 26.8. The first-order valence-electron chi connectivity index (χ1n) is 8.10. The molecule has 1 aliphatic rings. The highest BCUT2D eigenvalue weighted by Gasteiger charge is 2.21. The molecular formula is C17H25N3O3. The minimum atomic E-state index is -0.0967. The third-order valence-corrected chi connectivity index (χ3v) is 4.00. The summed E-state index contributed by atoms with van der Waals surface area (Å²) >= 11 is 0. The average molecular weight is 319 g/mol. The number of hydrogen-bond acceptors (Lipinski definition) is 3. The summed E-state index contributed by atoms with van der Waals surface area (Å²) in [6, 6.07) is 7.83. The molecule has 1 aromatic carbocycles. The van der Waals surface area contributed by atoms with E-state index in [9.17, 15) is 9.59 Å². The average Bonchev–Trinajstić information content (AvgIpc) is 2.59. The molecule has 1 fully saturated rings. The Morgan fingerprint density at radius 1 is 1.13 bits per heavy atom. The Hall–Kier alpha value is -2.24. The first-order valence-corrected chi connectivity index (χ1v) is 8.10. The number of hydrogen-bond donors (Lipinski definition) is 1. The van der Waals surface area contributed by atoms with Gasteiger partial charge in [-0.2, -0.15) is 0 Å². The maximum Gasteiger partial charge on any atom is 0.317 e. The van der Waals surface area contributed by atoms with Gasteiger partial charge in [0.15, 0.2) is 0 Å². The summed E-state index contributed by atoms with van der Waals surface area (Å²) in [5.74, 6) is 0.937. The van der Waals surface area contributed by atoms with Gasteiger partial charge in [0.05, 0.1) is 6.54 Å². The first-order chi connectivity index (χ1) is 11.1. The highest BCUT2D eigenvalue weighted by Crippen LogP contribution is 2.17. The van der Waals surface area contributed by atoms with E-state index in [1.807, 2.05) is 24.3 Å². The van der Waals surface area contributed by atoms with Crippen LogP contribution in [-0.2, 0) is 11.2 Å². The molecule has 1 aliphatic heterocycles. The number of aryl methyl sites for hydroxylation is 1. The second-order valence-corrected chi connectivity index (χ2v) is 5.53. The van der Waals surface area contributed by atoms with E-state index in [0.29, 0.717) is 39.3 Å². The highest BCUT2D eigenvalue weighted by atomic mass is 16.5. The van der Waals surface area contributed by atoms with Gasteiger partial charge in [-0.1, -0.05) is 25.1 Å². The maximum absolute atomic E-state index is 12.1. The third kappa shape index (κ3) is 4.87. The Kier molecular flexibility index (Phi) is 6.26. The second kappa shape index (κ2) is 8.41. The summed E-state index contributed by atoms with van der Waals surface area (Å²) in [5, 5.41) is 2.86. The van der Waals surface area contributed by atoms with Crippen LogP contribution in [0.25, 0.3) is 0 Å². The Labute approximate surface area is 137 Å². The van der Waals surface area contributed by atoms with Crippen LogP contribution in [0.3, 0.4) is 0 Å². The Bertz CT molecular complexity index is 540. The number of piperazine rings is 1. The summed E-state index contributed by atoms with van der Waals surface area (Å²) in [7, 11) is 0. The molecule has 1 aromatic rings. The zero-order valence-corrected chi connectivity index (χ0v) is 13.9. The summed E-state index contributed by atoms with van der Waals surface area (Å²) < 4.78 is 5.73. The molecule has 0 aliphatic carbocycles. The fraction of sp³-hybridized carbons (Fsp3) is 0.529. The topological polar surface area (TPSA) is 61.9 Å². The number of rotatable bonds is 5. The van der Waals surface area contributed by atoms with Gasteiger partial charge in [0.1, 0.15) is 12.4 Å². The van der Waals surface area contributed by atoms with Crippen LogP contribution in [0.2, 0.25) is 0 Å². The van der Waals surface area contributed by atoms with E-state index in [-0.39, 0.29) is 11.9 Å². The number of para-hydroxylation sites is 1. The van der Waals surface area contributed by atoms with Crippen molar-refractivity contribution >= 4 is 11.9 Å². The van der Waals surface area contributed by atoms with Gasteiger partial charge in [0.2, 0.25) is 5.91 Å². The van der Waals surface area contributed by atoms with Crippen LogP contribution < -0.4 is 10.1 Å². The van der Waals surface area contributed by atoms with Gasteiger partial charge < -0.3 is 19.9 Å². The zero-order valence-electron chi connectivity index (χ0n) is 13.9. The number of nitrogens with one attached hydrogen (secondary N) is 1.